The summed E-state index contributed by atoms with van der Waals surface area (Å²) in [5.74, 6) is 0.791. The third-order valence-electron chi connectivity index (χ3n) is 3.47. The van der Waals surface area contributed by atoms with Crippen molar-refractivity contribution in [2.45, 2.75) is 20.0 Å². The van der Waals surface area contributed by atoms with Crippen molar-refractivity contribution in [2.75, 3.05) is 11.4 Å². The molecular weight excluding hydrogens is 250 g/mol. The molecule has 0 aliphatic carbocycles. The molecule has 1 heterocycles. The predicted molar refractivity (Wildman–Crippen MR) is 79.4 cm³/mol. The number of fused-ring (bicyclic) bond motifs is 1. The van der Waals surface area contributed by atoms with Crippen molar-refractivity contribution in [3.05, 3.63) is 59.7 Å². The maximum atomic E-state index is 12.7. The normalized spacial score (nSPS) is 17.3. The van der Waals surface area contributed by atoms with Gasteiger partial charge in [0.1, 0.15) is 11.9 Å². The Labute approximate surface area is 118 Å². The molecule has 3 rings (SSSR count). The van der Waals surface area contributed by atoms with Crippen LogP contribution in [-0.2, 0) is 0 Å². The van der Waals surface area contributed by atoms with Gasteiger partial charge in [0.25, 0.3) is 5.91 Å². The first-order chi connectivity index (χ1) is 9.65. The highest BCUT2D eigenvalue weighted by atomic mass is 16.5. The number of amides is 1. The molecule has 0 fully saturated rings. The van der Waals surface area contributed by atoms with Gasteiger partial charge < -0.3 is 9.64 Å². The first kappa shape index (κ1) is 12.7. The van der Waals surface area contributed by atoms with Gasteiger partial charge >= 0.3 is 0 Å². The Balaban J connectivity index is 1.97. The number of benzene rings is 2. The fourth-order valence-corrected chi connectivity index (χ4v) is 2.43. The molecule has 3 nitrogen and oxygen atoms in total. The maximum absolute atomic E-state index is 12.7. The van der Waals surface area contributed by atoms with Crippen LogP contribution in [0.2, 0.25) is 0 Å². The van der Waals surface area contributed by atoms with Crippen molar-refractivity contribution in [3.63, 3.8) is 0 Å². The van der Waals surface area contributed by atoms with Crippen molar-refractivity contribution in [1.82, 2.24) is 0 Å². The number of carbonyl (C=O) groups is 1. The van der Waals surface area contributed by atoms with Crippen LogP contribution in [0.4, 0.5) is 5.69 Å². The molecule has 0 N–H and O–H groups in total. The minimum atomic E-state index is -0.000650. The van der Waals surface area contributed by atoms with Gasteiger partial charge in [-0.1, -0.05) is 29.8 Å². The second kappa shape index (κ2) is 5.00. The van der Waals surface area contributed by atoms with E-state index in [1.807, 2.05) is 62.4 Å². The monoisotopic (exact) mass is 267 g/mol. The minimum absolute atomic E-state index is 0.000650. The highest BCUT2D eigenvalue weighted by Gasteiger charge is 2.27. The van der Waals surface area contributed by atoms with Crippen LogP contribution in [0.1, 0.15) is 22.8 Å². The zero-order valence-electron chi connectivity index (χ0n) is 11.7. The third-order valence-corrected chi connectivity index (χ3v) is 3.47. The predicted octanol–water partition coefficient (Wildman–Crippen LogP) is 3.42. The lowest BCUT2D eigenvalue weighted by molar-refractivity contribution is 0.0961. The Morgan fingerprint density at radius 1 is 1.15 bits per heavy atom. The number of aryl methyl sites for hydroxylation is 1. The molecule has 0 saturated heterocycles. The van der Waals surface area contributed by atoms with Crippen molar-refractivity contribution in [2.24, 2.45) is 0 Å². The lowest BCUT2D eigenvalue weighted by Gasteiger charge is -2.33. The van der Waals surface area contributed by atoms with Crippen LogP contribution in [-0.4, -0.2) is 18.6 Å². The molecule has 2 aromatic carbocycles. The van der Waals surface area contributed by atoms with Crippen LogP contribution < -0.4 is 9.64 Å². The van der Waals surface area contributed by atoms with Crippen LogP contribution in [0.15, 0.2) is 48.5 Å². The molecule has 1 amide bonds. The van der Waals surface area contributed by atoms with Gasteiger partial charge in [-0.15, -0.1) is 0 Å². The van der Waals surface area contributed by atoms with Crippen LogP contribution in [0.5, 0.6) is 5.75 Å². The van der Waals surface area contributed by atoms with E-state index in [9.17, 15) is 4.79 Å². The number of para-hydroxylation sites is 2. The Morgan fingerprint density at radius 3 is 2.60 bits per heavy atom. The number of nitrogens with zero attached hydrogens (tertiary/aromatic N) is 1. The average Bonchev–Trinajstić information content (AvgIpc) is 2.46. The summed E-state index contributed by atoms with van der Waals surface area (Å²) in [5.41, 5.74) is 2.70. The summed E-state index contributed by atoms with van der Waals surface area (Å²) in [4.78, 5) is 14.5. The standard InChI is InChI=1S/C17H17NO2/c1-12-7-9-14(10-8-12)17(19)18-11-13(2)20-16-6-4-3-5-15(16)18/h3-10,13H,11H2,1-2H3. The van der Waals surface area contributed by atoms with E-state index in [1.165, 1.54) is 0 Å². The molecule has 102 valence electrons. The molecule has 0 saturated carbocycles. The lowest BCUT2D eigenvalue weighted by Crippen LogP contribution is -2.42. The minimum Gasteiger partial charge on any atom is -0.487 e. The summed E-state index contributed by atoms with van der Waals surface area (Å²) < 4.78 is 5.77. The van der Waals surface area contributed by atoms with Gasteiger partial charge in [0.05, 0.1) is 12.2 Å². The van der Waals surface area contributed by atoms with Crippen molar-refractivity contribution in [1.29, 1.82) is 0 Å². The number of hydrogen-bond donors (Lipinski definition) is 0. The van der Waals surface area contributed by atoms with E-state index in [0.717, 1.165) is 17.0 Å². The van der Waals surface area contributed by atoms with E-state index >= 15 is 0 Å². The topological polar surface area (TPSA) is 29.5 Å². The molecule has 1 aliphatic rings. The van der Waals surface area contributed by atoms with Gasteiger partial charge in [0.2, 0.25) is 0 Å². The Morgan fingerprint density at radius 2 is 1.85 bits per heavy atom. The van der Waals surface area contributed by atoms with E-state index in [-0.39, 0.29) is 12.0 Å². The van der Waals surface area contributed by atoms with E-state index in [1.54, 1.807) is 4.90 Å². The zero-order valence-corrected chi connectivity index (χ0v) is 11.7. The SMILES string of the molecule is Cc1ccc(C(=O)N2CC(C)Oc3ccccc32)cc1. The van der Waals surface area contributed by atoms with Crippen molar-refractivity contribution in [3.8, 4) is 5.75 Å². The fourth-order valence-electron chi connectivity index (χ4n) is 2.43. The van der Waals surface area contributed by atoms with E-state index in [2.05, 4.69) is 0 Å². The van der Waals surface area contributed by atoms with Gasteiger partial charge in [-0.2, -0.15) is 0 Å². The molecule has 1 unspecified atom stereocenters. The number of hydrogen-bond acceptors (Lipinski definition) is 2. The van der Waals surface area contributed by atoms with Gasteiger partial charge in [0.15, 0.2) is 0 Å². The van der Waals surface area contributed by atoms with Gasteiger partial charge in [-0.05, 0) is 38.1 Å². The zero-order chi connectivity index (χ0) is 14.1. The number of carbonyl (C=O) groups excluding carboxylic acids is 1. The van der Waals surface area contributed by atoms with E-state index < -0.39 is 0 Å². The molecule has 1 atom stereocenters. The molecular formula is C17H17NO2. The highest BCUT2D eigenvalue weighted by Crippen LogP contribution is 2.33. The maximum Gasteiger partial charge on any atom is 0.258 e. The van der Waals surface area contributed by atoms with Crippen molar-refractivity contribution >= 4 is 11.6 Å². The molecule has 0 bridgehead atoms. The average molecular weight is 267 g/mol. The van der Waals surface area contributed by atoms with Crippen LogP contribution in [0, 0.1) is 6.92 Å². The first-order valence-corrected chi connectivity index (χ1v) is 6.79. The molecule has 2 aromatic rings. The van der Waals surface area contributed by atoms with Crippen molar-refractivity contribution < 1.29 is 9.53 Å². The van der Waals surface area contributed by atoms with Crippen LogP contribution in [0.25, 0.3) is 0 Å². The molecule has 1 aliphatic heterocycles. The third kappa shape index (κ3) is 2.27. The summed E-state index contributed by atoms with van der Waals surface area (Å²) in [6, 6.07) is 15.3. The first-order valence-electron chi connectivity index (χ1n) is 6.79. The summed E-state index contributed by atoms with van der Waals surface area (Å²) in [7, 11) is 0. The lowest BCUT2D eigenvalue weighted by atomic mass is 10.1. The molecule has 20 heavy (non-hydrogen) atoms. The fraction of sp³-hybridized carbons (Fsp3) is 0.235. The smallest absolute Gasteiger partial charge is 0.258 e. The van der Waals surface area contributed by atoms with E-state index in [4.69, 9.17) is 4.74 Å². The summed E-state index contributed by atoms with van der Waals surface area (Å²) in [6.45, 7) is 4.56. The molecule has 0 spiro atoms. The van der Waals surface area contributed by atoms with E-state index in [0.29, 0.717) is 12.1 Å². The number of ether oxygens (including phenoxy) is 1. The Hall–Kier alpha value is -2.29. The van der Waals surface area contributed by atoms with Crippen LogP contribution >= 0.6 is 0 Å². The second-order valence-corrected chi connectivity index (χ2v) is 5.18. The summed E-state index contributed by atoms with van der Waals surface area (Å²) in [6.07, 6.45) is -0.000650. The number of anilines is 1. The Bertz CT molecular complexity index is 634. The quantitative estimate of drug-likeness (QED) is 0.792. The Kier molecular flexibility index (Phi) is 3.18. The summed E-state index contributed by atoms with van der Waals surface area (Å²) >= 11 is 0. The highest BCUT2D eigenvalue weighted by molar-refractivity contribution is 6.07. The molecule has 0 radical (unpaired) electrons. The van der Waals surface area contributed by atoms with Crippen LogP contribution in [0.3, 0.4) is 0 Å². The molecule has 0 aromatic heterocycles. The summed E-state index contributed by atoms with van der Waals surface area (Å²) in [5, 5.41) is 0. The van der Waals surface area contributed by atoms with Gasteiger partial charge in [-0.25, -0.2) is 0 Å². The number of rotatable bonds is 1. The molecule has 3 heteroatoms. The van der Waals surface area contributed by atoms with Gasteiger partial charge in [0, 0.05) is 5.56 Å². The second-order valence-electron chi connectivity index (χ2n) is 5.18. The largest absolute Gasteiger partial charge is 0.487 e. The van der Waals surface area contributed by atoms with Gasteiger partial charge in [-0.3, -0.25) is 4.79 Å².